The van der Waals surface area contributed by atoms with E-state index in [1.54, 1.807) is 0 Å². The smallest absolute Gasteiger partial charge is 0.403 e. The predicted octanol–water partition coefficient (Wildman–Crippen LogP) is 4.83. The summed E-state index contributed by atoms with van der Waals surface area (Å²) >= 11 is 2.69. The van der Waals surface area contributed by atoms with Crippen LogP contribution in [0.4, 0.5) is 35.1 Å². The minimum absolute atomic E-state index is 0.210. The Morgan fingerprint density at radius 3 is 2.05 bits per heavy atom. The molecule has 0 fully saturated rings. The van der Waals surface area contributed by atoms with Gasteiger partial charge < -0.3 is 4.74 Å². The Labute approximate surface area is 114 Å². The Morgan fingerprint density at radius 2 is 1.70 bits per heavy atom. The molecule has 1 aromatic heterocycles. The average Bonchev–Trinajstić information content (AvgIpc) is 2.25. The molecular formula is C9H4BrF8NO. The summed E-state index contributed by atoms with van der Waals surface area (Å²) in [6.07, 6.45) is -14.5. The predicted molar refractivity (Wildman–Crippen MR) is 53.5 cm³/mol. The lowest BCUT2D eigenvalue weighted by molar-refractivity contribution is -0.277. The van der Waals surface area contributed by atoms with Crippen molar-refractivity contribution in [2.45, 2.75) is 24.3 Å². The minimum Gasteiger partial charge on any atom is -0.403 e. The van der Waals surface area contributed by atoms with Crippen LogP contribution in [0.5, 0.6) is 5.75 Å². The van der Waals surface area contributed by atoms with E-state index in [-0.39, 0.29) is 11.4 Å². The Morgan fingerprint density at radius 1 is 1.15 bits per heavy atom. The highest BCUT2D eigenvalue weighted by Crippen LogP contribution is 2.43. The highest BCUT2D eigenvalue weighted by Gasteiger charge is 2.42. The first-order valence-electron chi connectivity index (χ1n) is 4.66. The molecule has 0 aliphatic heterocycles. The topological polar surface area (TPSA) is 22.1 Å². The largest absolute Gasteiger partial charge is 0.573 e. The van der Waals surface area contributed by atoms with Crippen LogP contribution < -0.4 is 4.74 Å². The van der Waals surface area contributed by atoms with E-state index in [1.165, 1.54) is 0 Å². The molecule has 20 heavy (non-hydrogen) atoms. The van der Waals surface area contributed by atoms with Crippen molar-refractivity contribution in [1.29, 1.82) is 0 Å². The number of pyridine rings is 1. The lowest BCUT2D eigenvalue weighted by Crippen LogP contribution is -2.22. The van der Waals surface area contributed by atoms with Gasteiger partial charge in [-0.3, -0.25) is 0 Å². The SMILES string of the molecule is FC(F)c1nc(CBr)cc(C(F)(F)F)c1OC(F)(F)F. The number of aromatic nitrogens is 1. The van der Waals surface area contributed by atoms with Gasteiger partial charge in [0.1, 0.15) is 11.3 Å². The average molecular weight is 374 g/mol. The number of nitrogens with zero attached hydrogens (tertiary/aromatic N) is 1. The molecule has 114 valence electrons. The summed E-state index contributed by atoms with van der Waals surface area (Å²) in [5, 5.41) is -0.345. The Kier molecular flexibility index (Phi) is 4.82. The van der Waals surface area contributed by atoms with Crippen molar-refractivity contribution in [2.24, 2.45) is 0 Å². The van der Waals surface area contributed by atoms with Crippen LogP contribution in [0.3, 0.4) is 0 Å². The summed E-state index contributed by atoms with van der Waals surface area (Å²) in [6.45, 7) is 0. The number of ether oxygens (including phenoxy) is 1. The maximum atomic E-state index is 12.6. The molecule has 0 atom stereocenters. The fraction of sp³-hybridized carbons (Fsp3) is 0.444. The molecule has 0 aliphatic rings. The van der Waals surface area contributed by atoms with Gasteiger partial charge in [0.25, 0.3) is 6.43 Å². The van der Waals surface area contributed by atoms with Crippen molar-refractivity contribution in [3.63, 3.8) is 0 Å². The summed E-state index contributed by atoms with van der Waals surface area (Å²) in [4.78, 5) is 3.03. The first-order valence-corrected chi connectivity index (χ1v) is 5.78. The van der Waals surface area contributed by atoms with Crippen LogP contribution in [0.15, 0.2) is 6.07 Å². The molecule has 0 unspecified atom stereocenters. The van der Waals surface area contributed by atoms with Crippen LogP contribution in [0.1, 0.15) is 23.4 Å². The van der Waals surface area contributed by atoms with Crippen LogP contribution >= 0.6 is 15.9 Å². The molecule has 0 aliphatic carbocycles. The van der Waals surface area contributed by atoms with E-state index in [2.05, 4.69) is 25.7 Å². The number of hydrogen-bond acceptors (Lipinski definition) is 2. The zero-order valence-corrected chi connectivity index (χ0v) is 10.7. The molecular weight excluding hydrogens is 370 g/mol. The van der Waals surface area contributed by atoms with Gasteiger partial charge in [-0.1, -0.05) is 15.9 Å². The van der Waals surface area contributed by atoms with E-state index in [0.29, 0.717) is 0 Å². The van der Waals surface area contributed by atoms with Gasteiger partial charge >= 0.3 is 12.5 Å². The molecule has 0 saturated carbocycles. The zero-order valence-electron chi connectivity index (χ0n) is 9.12. The van der Waals surface area contributed by atoms with Gasteiger partial charge in [0.05, 0.1) is 5.69 Å². The molecule has 0 amide bonds. The van der Waals surface area contributed by atoms with Gasteiger partial charge in [0.15, 0.2) is 5.75 Å². The molecule has 11 heteroatoms. The van der Waals surface area contributed by atoms with Gasteiger partial charge in [-0.25, -0.2) is 13.8 Å². The van der Waals surface area contributed by atoms with Crippen molar-refractivity contribution in [2.75, 3.05) is 0 Å². The van der Waals surface area contributed by atoms with E-state index in [0.717, 1.165) is 0 Å². The quantitative estimate of drug-likeness (QED) is 0.559. The van der Waals surface area contributed by atoms with Gasteiger partial charge in [-0.05, 0) is 6.07 Å². The number of rotatable bonds is 3. The maximum Gasteiger partial charge on any atom is 0.573 e. The summed E-state index contributed by atoms with van der Waals surface area (Å²) in [5.41, 5.74) is -4.18. The maximum absolute atomic E-state index is 12.6. The fourth-order valence-corrected chi connectivity index (χ4v) is 1.55. The molecule has 0 aromatic carbocycles. The normalized spacial score (nSPS) is 12.9. The molecule has 0 saturated heterocycles. The molecule has 0 bridgehead atoms. The Bertz CT molecular complexity index is 484. The van der Waals surface area contributed by atoms with Crippen LogP contribution in [0.25, 0.3) is 0 Å². The van der Waals surface area contributed by atoms with E-state index >= 15 is 0 Å². The highest BCUT2D eigenvalue weighted by atomic mass is 79.9. The lowest BCUT2D eigenvalue weighted by atomic mass is 10.1. The summed E-state index contributed by atoms with van der Waals surface area (Å²) in [5.74, 6) is -2.04. The molecule has 1 rings (SSSR count). The lowest BCUT2D eigenvalue weighted by Gasteiger charge is -2.18. The monoisotopic (exact) mass is 373 g/mol. The van der Waals surface area contributed by atoms with Crippen molar-refractivity contribution in [1.82, 2.24) is 4.98 Å². The van der Waals surface area contributed by atoms with E-state index in [9.17, 15) is 35.1 Å². The third-order valence-corrected chi connectivity index (χ3v) is 2.49. The van der Waals surface area contributed by atoms with Gasteiger partial charge in [0, 0.05) is 5.33 Å². The molecule has 0 N–H and O–H groups in total. The Balaban J connectivity index is 3.56. The number of hydrogen-bond donors (Lipinski definition) is 0. The molecule has 1 heterocycles. The fourth-order valence-electron chi connectivity index (χ4n) is 1.26. The highest BCUT2D eigenvalue weighted by molar-refractivity contribution is 9.08. The van der Waals surface area contributed by atoms with E-state index < -0.39 is 41.7 Å². The first kappa shape index (κ1) is 16.9. The summed E-state index contributed by atoms with van der Waals surface area (Å²) in [7, 11) is 0. The van der Waals surface area contributed by atoms with Crippen molar-refractivity contribution in [3.05, 3.63) is 23.0 Å². The van der Waals surface area contributed by atoms with Crippen molar-refractivity contribution in [3.8, 4) is 5.75 Å². The molecule has 1 aromatic rings. The third kappa shape index (κ3) is 4.18. The number of alkyl halides is 9. The van der Waals surface area contributed by atoms with Gasteiger partial charge in [0.2, 0.25) is 0 Å². The van der Waals surface area contributed by atoms with Crippen LogP contribution in [-0.2, 0) is 11.5 Å². The van der Waals surface area contributed by atoms with Crippen molar-refractivity contribution >= 4 is 15.9 Å². The van der Waals surface area contributed by atoms with Crippen LogP contribution in [0.2, 0.25) is 0 Å². The second-order valence-corrected chi connectivity index (χ2v) is 3.92. The van der Waals surface area contributed by atoms with Crippen LogP contribution in [0, 0.1) is 0 Å². The second kappa shape index (κ2) is 5.70. The van der Waals surface area contributed by atoms with Gasteiger partial charge in [-0.15, -0.1) is 13.2 Å². The summed E-state index contributed by atoms with van der Waals surface area (Å²) < 4.78 is 102. The second-order valence-electron chi connectivity index (χ2n) is 3.36. The van der Waals surface area contributed by atoms with Crippen LogP contribution in [-0.4, -0.2) is 11.3 Å². The van der Waals surface area contributed by atoms with E-state index in [4.69, 9.17) is 0 Å². The molecule has 0 spiro atoms. The van der Waals surface area contributed by atoms with Gasteiger partial charge in [-0.2, -0.15) is 13.2 Å². The minimum atomic E-state index is -5.55. The molecule has 0 radical (unpaired) electrons. The number of halogens is 9. The molecule has 2 nitrogen and oxygen atoms in total. The third-order valence-electron chi connectivity index (χ3n) is 1.92. The Hall–Kier alpha value is -1.13. The summed E-state index contributed by atoms with van der Waals surface area (Å²) in [6, 6.07) is 0.210. The zero-order chi connectivity index (χ0) is 15.7. The van der Waals surface area contributed by atoms with Crippen molar-refractivity contribution < 1.29 is 39.9 Å². The van der Waals surface area contributed by atoms with E-state index in [1.807, 2.05) is 0 Å². The standard InChI is InChI=1S/C9H4BrF8NO/c10-2-3-1-4(8(13,14)15)6(20-9(16,17)18)5(19-3)7(11)12/h1,7H,2H2. The first-order chi connectivity index (χ1) is 8.95.